The Bertz CT molecular complexity index is 513. The van der Waals surface area contributed by atoms with Gasteiger partial charge in [0.1, 0.15) is 11.5 Å². The number of methoxy groups -OCH3 is 1. The molecule has 3 nitrogen and oxygen atoms in total. The molecule has 0 radical (unpaired) electrons. The van der Waals surface area contributed by atoms with Crippen molar-refractivity contribution in [3.63, 3.8) is 0 Å². The summed E-state index contributed by atoms with van der Waals surface area (Å²) in [7, 11) is 1.70. The first kappa shape index (κ1) is 13.6. The van der Waals surface area contributed by atoms with Gasteiger partial charge in [-0.25, -0.2) is 0 Å². The fraction of sp³-hybridized carbons (Fsp3) is 0.588. The van der Waals surface area contributed by atoms with Crippen molar-refractivity contribution in [1.82, 2.24) is 4.90 Å². The van der Waals surface area contributed by atoms with Gasteiger partial charge in [-0.1, -0.05) is 19.1 Å². The van der Waals surface area contributed by atoms with Crippen LogP contribution in [-0.4, -0.2) is 36.9 Å². The van der Waals surface area contributed by atoms with Crippen molar-refractivity contribution in [3.05, 3.63) is 29.8 Å². The van der Waals surface area contributed by atoms with E-state index in [1.165, 1.54) is 5.56 Å². The number of fused-ring (bicyclic) bond motifs is 2. The molecule has 108 valence electrons. The lowest BCUT2D eigenvalue weighted by Gasteiger charge is -2.50. The van der Waals surface area contributed by atoms with Crippen molar-refractivity contribution in [2.24, 2.45) is 0 Å². The summed E-state index contributed by atoms with van der Waals surface area (Å²) in [6.07, 6.45) is 3.63. The van der Waals surface area contributed by atoms with Gasteiger partial charge in [0.15, 0.2) is 0 Å². The molecule has 0 unspecified atom stereocenters. The molecule has 1 aliphatic heterocycles. The molecular formula is C17H23NO2. The lowest BCUT2D eigenvalue weighted by molar-refractivity contribution is -0.126. The van der Waals surface area contributed by atoms with Crippen molar-refractivity contribution in [2.75, 3.05) is 20.2 Å². The zero-order chi connectivity index (χ0) is 14.2. The fourth-order valence-corrected chi connectivity index (χ4v) is 4.03. The van der Waals surface area contributed by atoms with Crippen molar-refractivity contribution >= 4 is 5.78 Å². The van der Waals surface area contributed by atoms with Crippen molar-refractivity contribution in [2.45, 2.75) is 44.1 Å². The molecule has 0 spiro atoms. The van der Waals surface area contributed by atoms with Crippen LogP contribution in [0.5, 0.6) is 5.75 Å². The van der Waals surface area contributed by atoms with Gasteiger partial charge < -0.3 is 9.64 Å². The van der Waals surface area contributed by atoms with Crippen LogP contribution < -0.4 is 4.74 Å². The summed E-state index contributed by atoms with van der Waals surface area (Å²) in [5.41, 5.74) is 1.32. The minimum absolute atomic E-state index is 0.0419. The van der Waals surface area contributed by atoms with Crippen LogP contribution in [0.25, 0.3) is 0 Å². The molecule has 1 aliphatic carbocycles. The summed E-state index contributed by atoms with van der Waals surface area (Å²) < 4.78 is 5.35. The zero-order valence-electron chi connectivity index (χ0n) is 12.4. The molecular weight excluding hydrogens is 250 g/mol. The van der Waals surface area contributed by atoms with Gasteiger partial charge in [-0.05, 0) is 43.6 Å². The van der Waals surface area contributed by atoms with E-state index in [2.05, 4.69) is 24.0 Å². The number of ketones is 1. The average molecular weight is 273 g/mol. The Morgan fingerprint density at radius 2 is 2.30 bits per heavy atom. The molecule has 1 saturated carbocycles. The van der Waals surface area contributed by atoms with Gasteiger partial charge in [0.05, 0.1) is 7.11 Å². The Hall–Kier alpha value is -1.35. The molecule has 2 atom stereocenters. The van der Waals surface area contributed by atoms with Crippen LogP contribution in [0, 0.1) is 0 Å². The van der Waals surface area contributed by atoms with E-state index in [4.69, 9.17) is 4.74 Å². The van der Waals surface area contributed by atoms with Crippen LogP contribution in [0.3, 0.4) is 0 Å². The summed E-state index contributed by atoms with van der Waals surface area (Å²) in [6.45, 7) is 4.34. The highest BCUT2D eigenvalue weighted by Crippen LogP contribution is 2.46. The predicted octanol–water partition coefficient (Wildman–Crippen LogP) is 2.78. The van der Waals surface area contributed by atoms with Gasteiger partial charge in [-0.3, -0.25) is 4.79 Å². The van der Waals surface area contributed by atoms with Crippen LogP contribution in [-0.2, 0) is 10.2 Å². The number of piperidine rings is 1. The first-order valence-electron chi connectivity index (χ1n) is 7.57. The van der Waals surface area contributed by atoms with Gasteiger partial charge in [0.25, 0.3) is 0 Å². The Morgan fingerprint density at radius 3 is 3.05 bits per heavy atom. The van der Waals surface area contributed by atoms with E-state index in [1.54, 1.807) is 7.11 Å². The predicted molar refractivity (Wildman–Crippen MR) is 79.2 cm³/mol. The molecule has 2 fully saturated rings. The molecule has 2 aliphatic rings. The van der Waals surface area contributed by atoms with Crippen LogP contribution in [0.4, 0.5) is 0 Å². The number of likely N-dealkylation sites (tertiary alicyclic amines) is 1. The number of Topliss-reactive ketones (excluding diaryl/α,β-unsaturated/α-hetero) is 1. The summed E-state index contributed by atoms with van der Waals surface area (Å²) in [4.78, 5) is 14.7. The number of hydrogen-bond acceptors (Lipinski definition) is 3. The third kappa shape index (κ3) is 2.24. The minimum Gasteiger partial charge on any atom is -0.497 e. The second-order valence-electron chi connectivity index (χ2n) is 6.17. The third-order valence-electron chi connectivity index (χ3n) is 5.11. The normalized spacial score (nSPS) is 30.3. The average Bonchev–Trinajstić information content (AvgIpc) is 2.47. The molecule has 1 heterocycles. The molecule has 20 heavy (non-hydrogen) atoms. The van der Waals surface area contributed by atoms with Crippen LogP contribution in [0.2, 0.25) is 0 Å². The van der Waals surface area contributed by atoms with E-state index in [0.717, 1.165) is 38.1 Å². The van der Waals surface area contributed by atoms with Gasteiger partial charge in [-0.15, -0.1) is 0 Å². The molecule has 3 rings (SSSR count). The van der Waals surface area contributed by atoms with Gasteiger partial charge >= 0.3 is 0 Å². The van der Waals surface area contributed by atoms with Crippen molar-refractivity contribution in [3.8, 4) is 5.75 Å². The Labute approximate surface area is 120 Å². The number of nitrogens with zero attached hydrogens (tertiary/aromatic N) is 1. The number of ether oxygens (including phenoxy) is 1. The SMILES string of the molecule is CCN1CC[C@]2(c3cccc(OC)c3)CC(=O)C[C@H]1C2. The van der Waals surface area contributed by atoms with E-state index in [9.17, 15) is 4.79 Å². The fourth-order valence-electron chi connectivity index (χ4n) is 4.03. The number of carbonyl (C=O) groups is 1. The standard InChI is InChI=1S/C17H23NO2/c1-3-18-8-7-17(11-14(18)10-15(19)12-17)13-5-4-6-16(9-13)20-2/h4-6,9,14H,3,7-8,10-12H2,1-2H3/t14-,17+/m0/s1. The van der Waals surface area contributed by atoms with Crippen LogP contribution >= 0.6 is 0 Å². The maximum atomic E-state index is 12.2. The molecule has 3 heteroatoms. The smallest absolute Gasteiger partial charge is 0.135 e. The van der Waals surface area contributed by atoms with Crippen LogP contribution in [0.1, 0.15) is 38.2 Å². The van der Waals surface area contributed by atoms with E-state index in [0.29, 0.717) is 18.2 Å². The van der Waals surface area contributed by atoms with Gasteiger partial charge in [-0.2, -0.15) is 0 Å². The topological polar surface area (TPSA) is 29.5 Å². The summed E-state index contributed by atoms with van der Waals surface area (Å²) in [6, 6.07) is 8.74. The molecule has 0 N–H and O–H groups in total. The highest BCUT2D eigenvalue weighted by Gasteiger charge is 2.46. The summed E-state index contributed by atoms with van der Waals surface area (Å²) in [5, 5.41) is 0. The molecule has 0 amide bonds. The second kappa shape index (κ2) is 5.21. The Kier molecular flexibility index (Phi) is 3.55. The molecule has 1 aromatic rings. The van der Waals surface area contributed by atoms with Crippen molar-refractivity contribution in [1.29, 1.82) is 0 Å². The van der Waals surface area contributed by atoms with E-state index >= 15 is 0 Å². The quantitative estimate of drug-likeness (QED) is 0.848. The number of rotatable bonds is 3. The highest BCUT2D eigenvalue weighted by atomic mass is 16.5. The Balaban J connectivity index is 1.95. The molecule has 1 aromatic carbocycles. The lowest BCUT2D eigenvalue weighted by Crippen LogP contribution is -2.53. The largest absolute Gasteiger partial charge is 0.497 e. The molecule has 2 bridgehead atoms. The van der Waals surface area contributed by atoms with Gasteiger partial charge in [0, 0.05) is 24.3 Å². The van der Waals surface area contributed by atoms with Crippen molar-refractivity contribution < 1.29 is 9.53 Å². The highest BCUT2D eigenvalue weighted by molar-refractivity contribution is 5.82. The van der Waals surface area contributed by atoms with Crippen LogP contribution in [0.15, 0.2) is 24.3 Å². The maximum absolute atomic E-state index is 12.2. The van der Waals surface area contributed by atoms with E-state index in [1.807, 2.05) is 12.1 Å². The Morgan fingerprint density at radius 1 is 1.45 bits per heavy atom. The monoisotopic (exact) mass is 273 g/mol. The maximum Gasteiger partial charge on any atom is 0.135 e. The van der Waals surface area contributed by atoms with E-state index < -0.39 is 0 Å². The molecule has 1 saturated heterocycles. The first-order chi connectivity index (χ1) is 9.66. The zero-order valence-corrected chi connectivity index (χ0v) is 12.4. The number of benzene rings is 1. The third-order valence-corrected chi connectivity index (χ3v) is 5.11. The number of carbonyl (C=O) groups excluding carboxylic acids is 1. The van der Waals surface area contributed by atoms with Gasteiger partial charge in [0.2, 0.25) is 0 Å². The lowest BCUT2D eigenvalue weighted by atomic mass is 9.63. The molecule has 0 aromatic heterocycles. The van der Waals surface area contributed by atoms with E-state index in [-0.39, 0.29) is 5.41 Å². The minimum atomic E-state index is 0.0419. The summed E-state index contributed by atoms with van der Waals surface area (Å²) >= 11 is 0. The first-order valence-corrected chi connectivity index (χ1v) is 7.57. The number of hydrogen-bond donors (Lipinski definition) is 0. The summed E-state index contributed by atoms with van der Waals surface area (Å²) in [5.74, 6) is 1.31. The second-order valence-corrected chi connectivity index (χ2v) is 6.17.